The van der Waals surface area contributed by atoms with E-state index in [1.165, 1.54) is 16.7 Å². The zero-order valence-electron chi connectivity index (χ0n) is 16.1. The van der Waals surface area contributed by atoms with Crippen LogP contribution in [0.1, 0.15) is 28.4 Å². The average molecular weight is 329 g/mol. The first-order valence-corrected chi connectivity index (χ1v) is 8.44. The molecule has 0 aliphatic carbocycles. The van der Waals surface area contributed by atoms with Crippen LogP contribution in [-0.4, -0.2) is 49.4 Å². The number of likely N-dealkylation sites (N-methyl/N-ethyl adjacent to an activating group) is 1. The van der Waals surface area contributed by atoms with Gasteiger partial charge in [0.05, 0.1) is 5.69 Å². The van der Waals surface area contributed by atoms with Gasteiger partial charge in [-0.05, 0) is 33.5 Å². The number of anilines is 1. The number of nitrogens with one attached hydrogen (secondary N) is 1. The molecule has 0 bridgehead atoms. The molecule has 1 heterocycles. The Bertz CT molecular complexity index is 655. The lowest BCUT2D eigenvalue weighted by Crippen LogP contribution is -2.31. The molecule has 0 unspecified atom stereocenters. The van der Waals surface area contributed by atoms with Gasteiger partial charge in [0, 0.05) is 45.8 Å². The van der Waals surface area contributed by atoms with Crippen molar-refractivity contribution in [1.82, 2.24) is 20.0 Å². The van der Waals surface area contributed by atoms with Crippen molar-refractivity contribution in [1.29, 1.82) is 0 Å². The summed E-state index contributed by atoms with van der Waals surface area (Å²) in [5.74, 6) is 1.16. The molecule has 0 saturated heterocycles. The third kappa shape index (κ3) is 4.16. The van der Waals surface area contributed by atoms with Gasteiger partial charge < -0.3 is 15.1 Å². The number of hydrogen-bond acceptors (Lipinski definition) is 4. The van der Waals surface area contributed by atoms with Gasteiger partial charge in [0.15, 0.2) is 0 Å². The van der Waals surface area contributed by atoms with Gasteiger partial charge in [-0.2, -0.15) is 5.10 Å². The Kier molecular flexibility index (Phi) is 6.02. The molecule has 0 aliphatic heterocycles. The van der Waals surface area contributed by atoms with Gasteiger partial charge in [0.25, 0.3) is 0 Å². The fraction of sp³-hybridized carbons (Fsp3) is 0.526. The zero-order valence-corrected chi connectivity index (χ0v) is 16.1. The van der Waals surface area contributed by atoms with Gasteiger partial charge >= 0.3 is 0 Å². The Hall–Kier alpha value is -1.85. The van der Waals surface area contributed by atoms with Gasteiger partial charge in [-0.3, -0.25) is 4.68 Å². The molecule has 1 N–H and O–H groups in total. The normalized spacial score (nSPS) is 12.7. The largest absolute Gasteiger partial charge is 0.363 e. The smallest absolute Gasteiger partial charge is 0.130 e. The van der Waals surface area contributed by atoms with Crippen molar-refractivity contribution < 1.29 is 0 Å². The van der Waals surface area contributed by atoms with Crippen LogP contribution in [0.3, 0.4) is 0 Å². The minimum absolute atomic E-state index is 0.352. The van der Waals surface area contributed by atoms with Crippen LogP contribution in [0.5, 0.6) is 0 Å². The van der Waals surface area contributed by atoms with Crippen molar-refractivity contribution in [2.24, 2.45) is 7.05 Å². The fourth-order valence-corrected chi connectivity index (χ4v) is 3.18. The first kappa shape index (κ1) is 18.5. The second-order valence-electron chi connectivity index (χ2n) is 6.93. The molecule has 1 aromatic carbocycles. The lowest BCUT2D eigenvalue weighted by Gasteiger charge is -2.25. The summed E-state index contributed by atoms with van der Waals surface area (Å²) >= 11 is 0. The van der Waals surface area contributed by atoms with E-state index in [4.69, 9.17) is 0 Å². The fourth-order valence-electron chi connectivity index (χ4n) is 3.18. The van der Waals surface area contributed by atoms with E-state index < -0.39 is 0 Å². The summed E-state index contributed by atoms with van der Waals surface area (Å²) in [5, 5.41) is 8.18. The summed E-state index contributed by atoms with van der Waals surface area (Å²) in [4.78, 5) is 4.39. The van der Waals surface area contributed by atoms with Crippen molar-refractivity contribution in [3.63, 3.8) is 0 Å². The second-order valence-corrected chi connectivity index (χ2v) is 6.93. The summed E-state index contributed by atoms with van der Waals surface area (Å²) in [6.45, 7) is 5.93. The number of rotatable bonds is 7. The molecule has 0 aliphatic rings. The van der Waals surface area contributed by atoms with E-state index in [1.54, 1.807) is 0 Å². The summed E-state index contributed by atoms with van der Waals surface area (Å²) in [7, 11) is 10.4. The lowest BCUT2D eigenvalue weighted by atomic mass is 10.0. The Morgan fingerprint density at radius 3 is 2.25 bits per heavy atom. The average Bonchev–Trinajstić information content (AvgIpc) is 2.78. The first-order chi connectivity index (χ1) is 11.3. The van der Waals surface area contributed by atoms with E-state index in [2.05, 4.69) is 86.5 Å². The van der Waals surface area contributed by atoms with Crippen LogP contribution >= 0.6 is 0 Å². The Balaban J connectivity index is 2.08. The number of hydrogen-bond donors (Lipinski definition) is 1. The summed E-state index contributed by atoms with van der Waals surface area (Å²) in [5.41, 5.74) is 4.99. The molecular formula is C19H31N5. The summed E-state index contributed by atoms with van der Waals surface area (Å²) in [6, 6.07) is 9.16. The predicted molar refractivity (Wildman–Crippen MR) is 102 cm³/mol. The summed E-state index contributed by atoms with van der Waals surface area (Å²) in [6.07, 6.45) is 0. The SMILES string of the molecule is Cc1ccc([C@@H](CNCc2c(C)nn(C)c2N(C)C)N(C)C)cc1. The van der Waals surface area contributed by atoms with Gasteiger partial charge in [0.1, 0.15) is 5.82 Å². The maximum absolute atomic E-state index is 4.56. The standard InChI is InChI=1S/C19H31N5/c1-14-8-10-16(11-9-14)18(22(3)4)13-20-12-17-15(2)21-24(7)19(17)23(5)6/h8-11,18,20H,12-13H2,1-7H3/t18-/m1/s1. The van der Waals surface area contributed by atoms with Crippen molar-refractivity contribution in [3.8, 4) is 0 Å². The van der Waals surface area contributed by atoms with Crippen LogP contribution in [0.25, 0.3) is 0 Å². The zero-order chi connectivity index (χ0) is 17.9. The minimum Gasteiger partial charge on any atom is -0.363 e. The topological polar surface area (TPSA) is 36.3 Å². The molecule has 5 heteroatoms. The van der Waals surface area contributed by atoms with E-state index in [-0.39, 0.29) is 0 Å². The Labute approximate surface area is 146 Å². The van der Waals surface area contributed by atoms with Crippen LogP contribution in [0.2, 0.25) is 0 Å². The molecule has 0 radical (unpaired) electrons. The van der Waals surface area contributed by atoms with Crippen LogP contribution in [0.4, 0.5) is 5.82 Å². The number of aryl methyl sites for hydroxylation is 3. The molecule has 24 heavy (non-hydrogen) atoms. The Morgan fingerprint density at radius 1 is 1.08 bits per heavy atom. The van der Waals surface area contributed by atoms with Crippen LogP contribution in [0.15, 0.2) is 24.3 Å². The molecular weight excluding hydrogens is 298 g/mol. The highest BCUT2D eigenvalue weighted by Crippen LogP contribution is 2.22. The van der Waals surface area contributed by atoms with Crippen LogP contribution in [0, 0.1) is 13.8 Å². The molecule has 0 spiro atoms. The molecule has 1 atom stereocenters. The highest BCUT2D eigenvalue weighted by molar-refractivity contribution is 5.48. The van der Waals surface area contributed by atoms with Gasteiger partial charge in [-0.25, -0.2) is 0 Å². The van der Waals surface area contributed by atoms with Crippen molar-refractivity contribution in [2.45, 2.75) is 26.4 Å². The third-order valence-corrected chi connectivity index (χ3v) is 4.46. The van der Waals surface area contributed by atoms with E-state index in [0.717, 1.165) is 24.6 Å². The molecule has 1 aromatic heterocycles. The van der Waals surface area contributed by atoms with Gasteiger partial charge in [-0.15, -0.1) is 0 Å². The number of nitrogens with zero attached hydrogens (tertiary/aromatic N) is 4. The molecule has 0 fully saturated rings. The molecule has 132 valence electrons. The van der Waals surface area contributed by atoms with E-state index in [0.29, 0.717) is 6.04 Å². The highest BCUT2D eigenvalue weighted by atomic mass is 15.4. The molecule has 2 aromatic rings. The molecule has 2 rings (SSSR count). The lowest BCUT2D eigenvalue weighted by molar-refractivity contribution is 0.288. The van der Waals surface area contributed by atoms with Crippen molar-refractivity contribution in [3.05, 3.63) is 46.6 Å². The van der Waals surface area contributed by atoms with Gasteiger partial charge in [0.2, 0.25) is 0 Å². The van der Waals surface area contributed by atoms with Crippen molar-refractivity contribution >= 4 is 5.82 Å². The molecule has 5 nitrogen and oxygen atoms in total. The predicted octanol–water partition coefficient (Wildman–Crippen LogP) is 2.50. The first-order valence-electron chi connectivity index (χ1n) is 8.44. The monoisotopic (exact) mass is 329 g/mol. The van der Waals surface area contributed by atoms with Gasteiger partial charge in [-0.1, -0.05) is 29.8 Å². The van der Waals surface area contributed by atoms with Crippen molar-refractivity contribution in [2.75, 3.05) is 39.6 Å². The number of aromatic nitrogens is 2. The Morgan fingerprint density at radius 2 is 1.71 bits per heavy atom. The van der Waals surface area contributed by atoms with E-state index in [1.807, 2.05) is 11.7 Å². The van der Waals surface area contributed by atoms with E-state index in [9.17, 15) is 0 Å². The van der Waals surface area contributed by atoms with Crippen LogP contribution in [-0.2, 0) is 13.6 Å². The maximum Gasteiger partial charge on any atom is 0.130 e. The quantitative estimate of drug-likeness (QED) is 0.847. The highest BCUT2D eigenvalue weighted by Gasteiger charge is 2.17. The maximum atomic E-state index is 4.56. The number of benzene rings is 1. The van der Waals surface area contributed by atoms with Crippen LogP contribution < -0.4 is 10.2 Å². The third-order valence-electron chi connectivity index (χ3n) is 4.46. The molecule has 0 amide bonds. The van der Waals surface area contributed by atoms with E-state index >= 15 is 0 Å². The molecule has 0 saturated carbocycles. The second kappa shape index (κ2) is 7.81. The minimum atomic E-state index is 0.352. The summed E-state index contributed by atoms with van der Waals surface area (Å²) < 4.78 is 1.95.